The van der Waals surface area contributed by atoms with Crippen molar-refractivity contribution in [2.24, 2.45) is 0 Å². The number of likely N-dealkylation sites (tertiary alicyclic amines) is 1. The highest BCUT2D eigenvalue weighted by molar-refractivity contribution is 6.02. The van der Waals surface area contributed by atoms with Gasteiger partial charge in [0.15, 0.2) is 0 Å². The van der Waals surface area contributed by atoms with Crippen molar-refractivity contribution in [2.45, 2.75) is 18.9 Å². The SMILES string of the molecule is O=C(Nc1ccncc1)C1CCCN1C(=O)c1ccccc1O. The summed E-state index contributed by atoms with van der Waals surface area (Å²) in [6.07, 6.45) is 4.55. The molecule has 1 unspecified atom stereocenters. The smallest absolute Gasteiger partial charge is 0.258 e. The molecule has 1 fully saturated rings. The van der Waals surface area contributed by atoms with Crippen molar-refractivity contribution < 1.29 is 14.7 Å². The van der Waals surface area contributed by atoms with Crippen LogP contribution in [0.25, 0.3) is 0 Å². The Bertz CT molecular complexity index is 718. The first-order valence-electron chi connectivity index (χ1n) is 7.46. The highest BCUT2D eigenvalue weighted by Crippen LogP contribution is 2.25. The largest absolute Gasteiger partial charge is 0.507 e. The fourth-order valence-electron chi connectivity index (χ4n) is 2.75. The fourth-order valence-corrected chi connectivity index (χ4v) is 2.75. The normalized spacial score (nSPS) is 17.0. The summed E-state index contributed by atoms with van der Waals surface area (Å²) in [6.45, 7) is 0.502. The molecule has 2 N–H and O–H groups in total. The van der Waals surface area contributed by atoms with E-state index in [0.29, 0.717) is 18.7 Å². The van der Waals surface area contributed by atoms with E-state index in [0.717, 1.165) is 6.42 Å². The standard InChI is InChI=1S/C17H17N3O3/c21-15-6-2-1-4-13(15)17(23)20-11-3-5-14(20)16(22)19-12-7-9-18-10-8-12/h1-2,4,6-10,14,21H,3,5,11H2,(H,18,19,22). The first-order chi connectivity index (χ1) is 11.2. The molecule has 1 aromatic heterocycles. The molecule has 0 aliphatic carbocycles. The third-order valence-corrected chi connectivity index (χ3v) is 3.90. The summed E-state index contributed by atoms with van der Waals surface area (Å²) in [5.41, 5.74) is 0.864. The van der Waals surface area contributed by atoms with E-state index in [1.54, 1.807) is 42.7 Å². The molecule has 1 aliphatic rings. The Morgan fingerprint density at radius 3 is 2.65 bits per heavy atom. The molecule has 1 aromatic carbocycles. The zero-order valence-electron chi connectivity index (χ0n) is 12.5. The number of carbonyl (C=O) groups excluding carboxylic acids is 2. The third kappa shape index (κ3) is 3.15. The summed E-state index contributed by atoms with van der Waals surface area (Å²) < 4.78 is 0. The van der Waals surface area contributed by atoms with Gasteiger partial charge in [0.05, 0.1) is 5.56 Å². The van der Waals surface area contributed by atoms with Crippen molar-refractivity contribution in [1.82, 2.24) is 9.88 Å². The minimum Gasteiger partial charge on any atom is -0.507 e. The quantitative estimate of drug-likeness (QED) is 0.908. The zero-order valence-corrected chi connectivity index (χ0v) is 12.5. The number of hydrogen-bond acceptors (Lipinski definition) is 4. The van der Waals surface area contributed by atoms with E-state index >= 15 is 0 Å². The molecule has 2 heterocycles. The number of pyridine rings is 1. The molecule has 0 radical (unpaired) electrons. The lowest BCUT2D eigenvalue weighted by Crippen LogP contribution is -2.43. The second-order valence-corrected chi connectivity index (χ2v) is 5.40. The number of para-hydroxylation sites is 1. The van der Waals surface area contributed by atoms with Crippen LogP contribution in [0.3, 0.4) is 0 Å². The van der Waals surface area contributed by atoms with Gasteiger partial charge in [-0.1, -0.05) is 12.1 Å². The lowest BCUT2D eigenvalue weighted by atomic mass is 10.1. The van der Waals surface area contributed by atoms with Gasteiger partial charge in [0, 0.05) is 24.6 Å². The second kappa shape index (κ2) is 6.48. The number of carbonyl (C=O) groups is 2. The van der Waals surface area contributed by atoms with Crippen molar-refractivity contribution in [3.8, 4) is 5.75 Å². The van der Waals surface area contributed by atoms with Gasteiger partial charge in [0.2, 0.25) is 5.91 Å². The number of aromatic hydroxyl groups is 1. The average molecular weight is 311 g/mol. The van der Waals surface area contributed by atoms with Crippen LogP contribution in [0, 0.1) is 0 Å². The summed E-state index contributed by atoms with van der Waals surface area (Å²) in [6, 6.07) is 9.24. The van der Waals surface area contributed by atoms with Crippen LogP contribution in [0.4, 0.5) is 5.69 Å². The number of phenolic OH excluding ortho intramolecular Hbond substituents is 1. The molecule has 0 spiro atoms. The van der Waals surface area contributed by atoms with E-state index in [1.165, 1.54) is 11.0 Å². The van der Waals surface area contributed by atoms with Crippen LogP contribution >= 0.6 is 0 Å². The predicted octanol–water partition coefficient (Wildman–Crippen LogP) is 2.03. The Morgan fingerprint density at radius 2 is 1.91 bits per heavy atom. The number of rotatable bonds is 3. The maximum Gasteiger partial charge on any atom is 0.258 e. The molecule has 2 aromatic rings. The molecule has 1 saturated heterocycles. The van der Waals surface area contributed by atoms with E-state index < -0.39 is 6.04 Å². The summed E-state index contributed by atoms with van der Waals surface area (Å²) >= 11 is 0. The van der Waals surface area contributed by atoms with Gasteiger partial charge in [0.1, 0.15) is 11.8 Å². The first-order valence-corrected chi connectivity index (χ1v) is 7.46. The maximum absolute atomic E-state index is 12.6. The van der Waals surface area contributed by atoms with E-state index in [1.807, 2.05) is 0 Å². The van der Waals surface area contributed by atoms with E-state index in [9.17, 15) is 14.7 Å². The Hall–Kier alpha value is -2.89. The van der Waals surface area contributed by atoms with Gasteiger partial charge < -0.3 is 15.3 Å². The monoisotopic (exact) mass is 311 g/mol. The van der Waals surface area contributed by atoms with E-state index in [4.69, 9.17) is 0 Å². The maximum atomic E-state index is 12.6. The van der Waals surface area contributed by atoms with Gasteiger partial charge >= 0.3 is 0 Å². The van der Waals surface area contributed by atoms with Gasteiger partial charge in [-0.15, -0.1) is 0 Å². The third-order valence-electron chi connectivity index (χ3n) is 3.90. The van der Waals surface area contributed by atoms with E-state index in [-0.39, 0.29) is 23.1 Å². The summed E-state index contributed by atoms with van der Waals surface area (Å²) in [5, 5.41) is 12.6. The minimum atomic E-state index is -0.532. The number of phenols is 1. The molecule has 6 nitrogen and oxygen atoms in total. The van der Waals surface area contributed by atoms with Crippen LogP contribution in [-0.2, 0) is 4.79 Å². The number of anilines is 1. The van der Waals surface area contributed by atoms with Crippen LogP contribution in [0.15, 0.2) is 48.8 Å². The van der Waals surface area contributed by atoms with Crippen molar-refractivity contribution in [3.63, 3.8) is 0 Å². The average Bonchev–Trinajstić information content (AvgIpc) is 3.05. The van der Waals surface area contributed by atoms with Crippen molar-refractivity contribution in [1.29, 1.82) is 0 Å². The van der Waals surface area contributed by atoms with Crippen LogP contribution < -0.4 is 5.32 Å². The molecule has 118 valence electrons. The zero-order chi connectivity index (χ0) is 16.2. The molecule has 23 heavy (non-hydrogen) atoms. The van der Waals surface area contributed by atoms with Crippen LogP contribution in [0.1, 0.15) is 23.2 Å². The van der Waals surface area contributed by atoms with Gasteiger partial charge in [0.25, 0.3) is 5.91 Å². The molecule has 0 bridgehead atoms. The first kappa shape index (κ1) is 15.0. The van der Waals surface area contributed by atoms with Crippen LogP contribution in [0.5, 0.6) is 5.75 Å². The molecule has 1 aliphatic heterocycles. The number of hydrogen-bond donors (Lipinski definition) is 2. The number of benzene rings is 1. The van der Waals surface area contributed by atoms with Crippen molar-refractivity contribution in [3.05, 3.63) is 54.4 Å². The second-order valence-electron chi connectivity index (χ2n) is 5.40. The Balaban J connectivity index is 1.76. The number of nitrogens with one attached hydrogen (secondary N) is 1. The predicted molar refractivity (Wildman–Crippen MR) is 85.0 cm³/mol. The van der Waals surface area contributed by atoms with Gasteiger partial charge in [-0.25, -0.2) is 0 Å². The molecule has 1 atom stereocenters. The van der Waals surface area contributed by atoms with Gasteiger partial charge in [-0.3, -0.25) is 14.6 Å². The van der Waals surface area contributed by atoms with Crippen LogP contribution in [0.2, 0.25) is 0 Å². The Labute approximate surface area is 133 Å². The molecule has 0 saturated carbocycles. The van der Waals surface area contributed by atoms with Crippen LogP contribution in [-0.4, -0.2) is 39.4 Å². The number of amides is 2. The number of aromatic nitrogens is 1. The minimum absolute atomic E-state index is 0.0716. The summed E-state index contributed by atoms with van der Waals surface area (Å²) in [7, 11) is 0. The van der Waals surface area contributed by atoms with Gasteiger partial charge in [-0.05, 0) is 37.1 Å². The number of nitrogens with zero attached hydrogens (tertiary/aromatic N) is 2. The Kier molecular flexibility index (Phi) is 4.23. The molecular weight excluding hydrogens is 294 g/mol. The van der Waals surface area contributed by atoms with Crippen molar-refractivity contribution in [2.75, 3.05) is 11.9 Å². The molecule has 3 rings (SSSR count). The molecular formula is C17H17N3O3. The lowest BCUT2D eigenvalue weighted by molar-refractivity contribution is -0.119. The van der Waals surface area contributed by atoms with E-state index in [2.05, 4.69) is 10.3 Å². The summed E-state index contributed by atoms with van der Waals surface area (Å²) in [4.78, 5) is 30.5. The topological polar surface area (TPSA) is 82.5 Å². The lowest BCUT2D eigenvalue weighted by Gasteiger charge is -2.24. The van der Waals surface area contributed by atoms with Crippen molar-refractivity contribution >= 4 is 17.5 Å². The molecule has 6 heteroatoms. The highest BCUT2D eigenvalue weighted by atomic mass is 16.3. The van der Waals surface area contributed by atoms with Gasteiger partial charge in [-0.2, -0.15) is 0 Å². The highest BCUT2D eigenvalue weighted by Gasteiger charge is 2.35. The molecule has 2 amide bonds. The Morgan fingerprint density at radius 1 is 1.17 bits per heavy atom. The fraction of sp³-hybridized carbons (Fsp3) is 0.235. The summed E-state index contributed by atoms with van der Waals surface area (Å²) in [5.74, 6) is -0.620.